The van der Waals surface area contributed by atoms with E-state index in [1.54, 1.807) is 12.1 Å². The highest BCUT2D eigenvalue weighted by atomic mass is 16.5. The van der Waals surface area contributed by atoms with Gasteiger partial charge in [0.15, 0.2) is 12.7 Å². The van der Waals surface area contributed by atoms with Gasteiger partial charge >= 0.3 is 0 Å². The standard InChI is InChI=1S/C11H13N3O4/c12-5-8(15)11(17)7-3-1-2-4-9(7)18-6-10(16)14-13/h1-4,8,11,15,17H,6,13H2,(H,14,16). The minimum atomic E-state index is -1.57. The first-order valence-corrected chi connectivity index (χ1v) is 5.07. The molecule has 1 amide bonds. The topological polar surface area (TPSA) is 129 Å². The summed E-state index contributed by atoms with van der Waals surface area (Å²) in [7, 11) is 0. The second kappa shape index (κ2) is 6.56. The van der Waals surface area contributed by atoms with E-state index in [9.17, 15) is 15.0 Å². The summed E-state index contributed by atoms with van der Waals surface area (Å²) < 4.78 is 5.13. The van der Waals surface area contributed by atoms with E-state index in [2.05, 4.69) is 0 Å². The van der Waals surface area contributed by atoms with Gasteiger partial charge in [0, 0.05) is 5.56 Å². The second-order valence-electron chi connectivity index (χ2n) is 3.41. The molecule has 0 spiro atoms. The normalized spacial score (nSPS) is 13.2. The molecule has 96 valence electrons. The molecule has 1 aromatic carbocycles. The smallest absolute Gasteiger partial charge is 0.271 e. The molecular formula is C11H13N3O4. The van der Waals surface area contributed by atoms with Crippen LogP contribution < -0.4 is 16.0 Å². The number of aliphatic hydroxyl groups is 2. The highest BCUT2D eigenvalue weighted by Crippen LogP contribution is 2.26. The molecule has 7 heteroatoms. The van der Waals surface area contributed by atoms with Gasteiger partial charge < -0.3 is 14.9 Å². The maximum absolute atomic E-state index is 10.9. The Balaban J connectivity index is 2.86. The number of para-hydroxylation sites is 1. The van der Waals surface area contributed by atoms with Crippen molar-refractivity contribution in [2.45, 2.75) is 12.2 Å². The number of hydrazine groups is 1. The first-order chi connectivity index (χ1) is 8.60. The van der Waals surface area contributed by atoms with Crippen LogP contribution >= 0.6 is 0 Å². The minimum Gasteiger partial charge on any atom is -0.483 e. The van der Waals surface area contributed by atoms with E-state index in [0.717, 1.165) is 0 Å². The number of carbonyl (C=O) groups excluding carboxylic acids is 1. The molecule has 0 heterocycles. The zero-order valence-corrected chi connectivity index (χ0v) is 9.41. The average molecular weight is 251 g/mol. The van der Waals surface area contributed by atoms with Crippen molar-refractivity contribution in [1.29, 1.82) is 5.26 Å². The monoisotopic (exact) mass is 251 g/mol. The molecule has 0 saturated heterocycles. The van der Waals surface area contributed by atoms with E-state index in [-0.39, 0.29) is 17.9 Å². The number of rotatable bonds is 5. The van der Waals surface area contributed by atoms with Crippen LogP contribution in [0.15, 0.2) is 24.3 Å². The summed E-state index contributed by atoms with van der Waals surface area (Å²) in [5, 5.41) is 27.5. The Bertz CT molecular complexity index is 458. The Labute approximate surface area is 103 Å². The van der Waals surface area contributed by atoms with Crippen LogP contribution in [0.2, 0.25) is 0 Å². The van der Waals surface area contributed by atoms with Crippen LogP contribution in [0.5, 0.6) is 5.75 Å². The van der Waals surface area contributed by atoms with Gasteiger partial charge in [-0.05, 0) is 6.07 Å². The predicted octanol–water partition coefficient (Wildman–Crippen LogP) is -1.03. The van der Waals surface area contributed by atoms with Crippen LogP contribution in [0, 0.1) is 11.3 Å². The summed E-state index contributed by atoms with van der Waals surface area (Å²) in [4.78, 5) is 10.9. The molecule has 0 aliphatic heterocycles. The van der Waals surface area contributed by atoms with Crippen molar-refractivity contribution in [3.63, 3.8) is 0 Å². The van der Waals surface area contributed by atoms with Crippen LogP contribution in [0.1, 0.15) is 11.7 Å². The molecule has 7 nitrogen and oxygen atoms in total. The van der Waals surface area contributed by atoms with Gasteiger partial charge in [0.2, 0.25) is 0 Å². The number of nitrogens with zero attached hydrogens (tertiary/aromatic N) is 1. The molecule has 2 atom stereocenters. The molecule has 0 fully saturated rings. The van der Waals surface area contributed by atoms with Gasteiger partial charge in [0.1, 0.15) is 11.9 Å². The van der Waals surface area contributed by atoms with Crippen LogP contribution in [0.25, 0.3) is 0 Å². The van der Waals surface area contributed by atoms with Gasteiger partial charge in [-0.1, -0.05) is 18.2 Å². The van der Waals surface area contributed by atoms with Crippen LogP contribution in [0.4, 0.5) is 0 Å². The number of nitrogens with two attached hydrogens (primary N) is 1. The lowest BCUT2D eigenvalue weighted by Gasteiger charge is -2.16. The molecule has 18 heavy (non-hydrogen) atoms. The number of nitrogens with one attached hydrogen (secondary N) is 1. The molecule has 0 bridgehead atoms. The van der Waals surface area contributed by atoms with Crippen molar-refractivity contribution in [2.75, 3.05) is 6.61 Å². The summed E-state index contributed by atoms with van der Waals surface area (Å²) in [6, 6.07) is 7.75. The minimum absolute atomic E-state index is 0.197. The van der Waals surface area contributed by atoms with E-state index in [4.69, 9.17) is 15.8 Å². The Hall–Kier alpha value is -2.14. The summed E-state index contributed by atoms with van der Waals surface area (Å²) in [5.74, 6) is 4.55. The van der Waals surface area contributed by atoms with E-state index in [1.165, 1.54) is 18.2 Å². The first-order valence-electron chi connectivity index (χ1n) is 5.07. The van der Waals surface area contributed by atoms with Crippen molar-refractivity contribution in [1.82, 2.24) is 5.43 Å². The quantitative estimate of drug-likeness (QED) is 0.229. The number of benzene rings is 1. The fourth-order valence-electron chi connectivity index (χ4n) is 1.28. The molecule has 1 rings (SSSR count). The number of amides is 1. The molecule has 0 saturated carbocycles. The number of aliphatic hydroxyl groups excluding tert-OH is 2. The van der Waals surface area contributed by atoms with Gasteiger partial charge in [0.25, 0.3) is 5.91 Å². The summed E-state index contributed by atoms with van der Waals surface area (Å²) in [5.41, 5.74) is 2.11. The van der Waals surface area contributed by atoms with Gasteiger partial charge in [-0.3, -0.25) is 10.2 Å². The molecule has 2 unspecified atom stereocenters. The Morgan fingerprint density at radius 1 is 1.50 bits per heavy atom. The Morgan fingerprint density at radius 2 is 2.17 bits per heavy atom. The molecule has 0 aromatic heterocycles. The van der Waals surface area contributed by atoms with Crippen molar-refractivity contribution >= 4 is 5.91 Å². The summed E-state index contributed by atoms with van der Waals surface area (Å²) in [6.07, 6.45) is -2.98. The largest absolute Gasteiger partial charge is 0.483 e. The number of hydrogen-bond donors (Lipinski definition) is 4. The Kier molecular flexibility index (Phi) is 5.07. The van der Waals surface area contributed by atoms with Crippen LogP contribution in [0.3, 0.4) is 0 Å². The average Bonchev–Trinajstić information content (AvgIpc) is 2.43. The van der Waals surface area contributed by atoms with E-state index in [0.29, 0.717) is 0 Å². The first kappa shape index (κ1) is 13.9. The molecule has 0 aliphatic carbocycles. The molecule has 0 aliphatic rings. The third kappa shape index (κ3) is 3.43. The van der Waals surface area contributed by atoms with Crippen LogP contribution in [-0.4, -0.2) is 28.8 Å². The van der Waals surface area contributed by atoms with Crippen molar-refractivity contribution in [3.05, 3.63) is 29.8 Å². The van der Waals surface area contributed by atoms with Gasteiger partial charge in [0.05, 0.1) is 6.07 Å². The third-order valence-corrected chi connectivity index (χ3v) is 2.19. The zero-order valence-electron chi connectivity index (χ0n) is 9.41. The number of ether oxygens (including phenoxy) is 1. The fraction of sp³-hybridized carbons (Fsp3) is 0.273. The second-order valence-corrected chi connectivity index (χ2v) is 3.41. The summed E-state index contributed by atoms with van der Waals surface area (Å²) in [6.45, 7) is -0.330. The number of nitriles is 1. The van der Waals surface area contributed by atoms with Gasteiger partial charge in [-0.25, -0.2) is 5.84 Å². The SMILES string of the molecule is N#CC(O)C(O)c1ccccc1OCC(=O)NN. The zero-order chi connectivity index (χ0) is 13.5. The van der Waals surface area contributed by atoms with Gasteiger partial charge in [-0.2, -0.15) is 5.26 Å². The number of hydrogen-bond acceptors (Lipinski definition) is 6. The van der Waals surface area contributed by atoms with E-state index in [1.807, 2.05) is 5.43 Å². The summed E-state index contributed by atoms with van der Waals surface area (Å²) >= 11 is 0. The molecule has 1 aromatic rings. The molecular weight excluding hydrogens is 238 g/mol. The van der Waals surface area contributed by atoms with Crippen molar-refractivity contribution < 1.29 is 19.7 Å². The Morgan fingerprint density at radius 3 is 2.78 bits per heavy atom. The van der Waals surface area contributed by atoms with E-state index >= 15 is 0 Å². The predicted molar refractivity (Wildman–Crippen MR) is 60.8 cm³/mol. The maximum Gasteiger partial charge on any atom is 0.271 e. The van der Waals surface area contributed by atoms with Crippen molar-refractivity contribution in [3.8, 4) is 11.8 Å². The lowest BCUT2D eigenvalue weighted by atomic mass is 10.0. The van der Waals surface area contributed by atoms with Crippen molar-refractivity contribution in [2.24, 2.45) is 5.84 Å². The highest BCUT2D eigenvalue weighted by molar-refractivity contribution is 5.76. The number of carbonyl (C=O) groups is 1. The molecule has 0 radical (unpaired) electrons. The van der Waals surface area contributed by atoms with Crippen LogP contribution in [-0.2, 0) is 4.79 Å². The van der Waals surface area contributed by atoms with E-state index < -0.39 is 18.1 Å². The lowest BCUT2D eigenvalue weighted by molar-refractivity contribution is -0.123. The third-order valence-electron chi connectivity index (χ3n) is 2.19. The maximum atomic E-state index is 10.9. The van der Waals surface area contributed by atoms with Gasteiger partial charge in [-0.15, -0.1) is 0 Å². The molecule has 5 N–H and O–H groups in total. The fourth-order valence-corrected chi connectivity index (χ4v) is 1.28. The lowest BCUT2D eigenvalue weighted by Crippen LogP contribution is -2.34. The highest BCUT2D eigenvalue weighted by Gasteiger charge is 2.21.